The van der Waals surface area contributed by atoms with Gasteiger partial charge in [-0.2, -0.15) is 0 Å². The summed E-state index contributed by atoms with van der Waals surface area (Å²) in [6.07, 6.45) is 5.27. The minimum absolute atomic E-state index is 0.106. The van der Waals surface area contributed by atoms with E-state index in [1.807, 2.05) is 35.2 Å². The van der Waals surface area contributed by atoms with Crippen molar-refractivity contribution in [3.05, 3.63) is 35.9 Å². The van der Waals surface area contributed by atoms with Crippen LogP contribution in [-0.4, -0.2) is 98.1 Å². The SMILES string of the molecule is CNCC(=O)N[C@H](C(=O)N[C@@H](Cc1ccccc1)[C@H](O)CN1CC2CCCCC2C[C@H]1C(N)=O)C(C)(C)S(C)(=O)=O. The number of nitrogens with zero attached hydrogens (tertiary/aromatic N) is 1. The van der Waals surface area contributed by atoms with Crippen LogP contribution < -0.4 is 21.7 Å². The average molecular weight is 594 g/mol. The molecule has 6 atom stereocenters. The Bertz CT molecular complexity index is 1160. The fourth-order valence-corrected chi connectivity index (χ4v) is 6.72. The van der Waals surface area contributed by atoms with Crippen molar-refractivity contribution < 1.29 is 27.9 Å². The molecule has 230 valence electrons. The molecule has 1 aromatic rings. The largest absolute Gasteiger partial charge is 0.390 e. The maximum atomic E-state index is 13.7. The van der Waals surface area contributed by atoms with Crippen LogP contribution in [-0.2, 0) is 30.6 Å². The lowest BCUT2D eigenvalue weighted by atomic mass is 9.72. The standard InChI is InChI=1S/C29H47N5O6S/c1-29(2,41(4,39)40)26(33-25(36)16-31-3)28(38)32-22(14-19-10-6-5-7-11-19)24(35)18-34-17-21-13-9-8-12-20(21)15-23(34)27(30)37/h5-7,10-11,20-24,26,31,35H,8-9,12-18H2,1-4H3,(H2,30,37)(H,32,38)(H,33,36)/t20?,21?,22-,23-,24+,26+/m0/s1. The third-order valence-electron chi connectivity index (χ3n) is 8.90. The van der Waals surface area contributed by atoms with E-state index in [1.165, 1.54) is 13.8 Å². The molecule has 3 amide bonds. The Morgan fingerprint density at radius 3 is 2.32 bits per heavy atom. The molecule has 0 bridgehead atoms. The summed E-state index contributed by atoms with van der Waals surface area (Å²) >= 11 is 0. The first kappa shape index (κ1) is 33.0. The number of piperidine rings is 1. The second-order valence-corrected chi connectivity index (χ2v) is 14.8. The van der Waals surface area contributed by atoms with Gasteiger partial charge in [0.25, 0.3) is 0 Å². The summed E-state index contributed by atoms with van der Waals surface area (Å²) in [7, 11) is -2.22. The number of nitrogens with two attached hydrogens (primary N) is 1. The summed E-state index contributed by atoms with van der Waals surface area (Å²) in [5.74, 6) is -0.815. The minimum atomic E-state index is -3.79. The Balaban J connectivity index is 1.87. The fourth-order valence-electron chi connectivity index (χ4n) is 6.12. The van der Waals surface area contributed by atoms with Crippen LogP contribution in [0.4, 0.5) is 0 Å². The van der Waals surface area contributed by atoms with Crippen molar-refractivity contribution in [2.24, 2.45) is 17.6 Å². The number of likely N-dealkylation sites (N-methyl/N-ethyl adjacent to an activating group) is 1. The van der Waals surface area contributed by atoms with Crippen molar-refractivity contribution in [2.45, 2.75) is 81.3 Å². The number of hydrogen-bond acceptors (Lipinski definition) is 8. The lowest BCUT2D eigenvalue weighted by molar-refractivity contribution is -0.131. The average Bonchev–Trinajstić information content (AvgIpc) is 2.90. The van der Waals surface area contributed by atoms with Crippen LogP contribution >= 0.6 is 0 Å². The van der Waals surface area contributed by atoms with Gasteiger partial charge in [-0.15, -0.1) is 0 Å². The number of primary amides is 1. The molecule has 3 rings (SSSR count). The zero-order valence-electron chi connectivity index (χ0n) is 24.6. The summed E-state index contributed by atoms with van der Waals surface area (Å²) in [6.45, 7) is 3.43. The molecule has 2 fully saturated rings. The molecule has 0 aromatic heterocycles. The molecule has 12 heteroatoms. The number of amides is 3. The highest BCUT2D eigenvalue weighted by atomic mass is 32.2. The predicted octanol–water partition coefficient (Wildman–Crippen LogP) is -0.0318. The van der Waals surface area contributed by atoms with E-state index in [2.05, 4.69) is 16.0 Å². The molecule has 1 aliphatic heterocycles. The van der Waals surface area contributed by atoms with E-state index < -0.39 is 56.5 Å². The van der Waals surface area contributed by atoms with Gasteiger partial charge in [0, 0.05) is 19.3 Å². The van der Waals surface area contributed by atoms with Crippen LogP contribution in [0.25, 0.3) is 0 Å². The highest BCUT2D eigenvalue weighted by Gasteiger charge is 2.45. The number of fused-ring (bicyclic) bond motifs is 1. The molecular formula is C29H47N5O6S. The number of rotatable bonds is 13. The highest BCUT2D eigenvalue weighted by molar-refractivity contribution is 7.92. The molecular weight excluding hydrogens is 546 g/mol. The van der Waals surface area contributed by atoms with Gasteiger partial charge in [-0.1, -0.05) is 49.6 Å². The second kappa shape index (κ2) is 14.1. The quantitative estimate of drug-likeness (QED) is 0.212. The maximum absolute atomic E-state index is 13.7. The van der Waals surface area contributed by atoms with Crippen LogP contribution in [0.2, 0.25) is 0 Å². The van der Waals surface area contributed by atoms with Gasteiger partial charge >= 0.3 is 0 Å². The molecule has 0 spiro atoms. The third-order valence-corrected chi connectivity index (χ3v) is 11.0. The van der Waals surface area contributed by atoms with Gasteiger partial charge in [0.15, 0.2) is 9.84 Å². The molecule has 2 aliphatic rings. The topological polar surface area (TPSA) is 171 Å². The predicted molar refractivity (Wildman–Crippen MR) is 157 cm³/mol. The normalized spacial score (nSPS) is 24.0. The number of aliphatic hydroxyl groups is 1. The van der Waals surface area contributed by atoms with E-state index >= 15 is 0 Å². The number of carbonyl (C=O) groups excluding carboxylic acids is 3. The van der Waals surface area contributed by atoms with Crippen LogP contribution in [0, 0.1) is 11.8 Å². The van der Waals surface area contributed by atoms with E-state index in [0.29, 0.717) is 24.8 Å². The third kappa shape index (κ3) is 8.50. The summed E-state index contributed by atoms with van der Waals surface area (Å²) in [5, 5.41) is 19.7. The van der Waals surface area contributed by atoms with E-state index in [1.54, 1.807) is 7.05 Å². The van der Waals surface area contributed by atoms with Crippen molar-refractivity contribution in [1.29, 1.82) is 0 Å². The first-order chi connectivity index (χ1) is 19.2. The first-order valence-corrected chi connectivity index (χ1v) is 16.3. The highest BCUT2D eigenvalue weighted by Crippen LogP contribution is 2.38. The molecule has 1 aromatic carbocycles. The summed E-state index contributed by atoms with van der Waals surface area (Å²) in [4.78, 5) is 40.6. The van der Waals surface area contributed by atoms with Crippen molar-refractivity contribution in [2.75, 3.05) is 32.9 Å². The number of benzene rings is 1. The molecule has 6 N–H and O–H groups in total. The van der Waals surface area contributed by atoms with Gasteiger partial charge in [0.1, 0.15) is 6.04 Å². The Morgan fingerprint density at radius 1 is 1.10 bits per heavy atom. The van der Waals surface area contributed by atoms with Crippen LogP contribution in [0.5, 0.6) is 0 Å². The van der Waals surface area contributed by atoms with Gasteiger partial charge in [-0.05, 0) is 57.6 Å². The maximum Gasteiger partial charge on any atom is 0.244 e. The zero-order valence-corrected chi connectivity index (χ0v) is 25.5. The van der Waals surface area contributed by atoms with Crippen LogP contribution in [0.1, 0.15) is 51.5 Å². The zero-order chi connectivity index (χ0) is 30.4. The molecule has 0 radical (unpaired) electrons. The van der Waals surface area contributed by atoms with E-state index in [9.17, 15) is 27.9 Å². The summed E-state index contributed by atoms with van der Waals surface area (Å²) in [5.41, 5.74) is 6.65. The number of aliphatic hydroxyl groups excluding tert-OH is 1. The molecule has 1 heterocycles. The van der Waals surface area contributed by atoms with E-state index in [4.69, 9.17) is 5.73 Å². The molecule has 2 unspecified atom stereocenters. The molecule has 1 saturated carbocycles. The molecule has 1 aliphatic carbocycles. The number of β-amino-alcohol motifs (C(OH)–C–C–N with tert-alkyl or cyclic N) is 1. The van der Waals surface area contributed by atoms with Crippen LogP contribution in [0.15, 0.2) is 30.3 Å². The monoisotopic (exact) mass is 593 g/mol. The van der Waals surface area contributed by atoms with Gasteiger partial charge in [0.2, 0.25) is 17.7 Å². The van der Waals surface area contributed by atoms with E-state index in [0.717, 1.165) is 37.5 Å². The Hall–Kier alpha value is -2.54. The number of sulfone groups is 1. The van der Waals surface area contributed by atoms with Crippen molar-refractivity contribution >= 4 is 27.6 Å². The lowest BCUT2D eigenvalue weighted by Gasteiger charge is -2.46. The minimum Gasteiger partial charge on any atom is -0.390 e. The Labute approximate surface area is 243 Å². The molecule has 41 heavy (non-hydrogen) atoms. The number of nitrogens with one attached hydrogen (secondary N) is 3. The van der Waals surface area contributed by atoms with Crippen molar-refractivity contribution in [3.63, 3.8) is 0 Å². The Morgan fingerprint density at radius 2 is 1.73 bits per heavy atom. The van der Waals surface area contributed by atoms with Gasteiger partial charge < -0.3 is 26.8 Å². The molecule has 1 saturated heterocycles. The first-order valence-electron chi connectivity index (χ1n) is 14.4. The van der Waals surface area contributed by atoms with Gasteiger partial charge in [0.05, 0.1) is 29.5 Å². The summed E-state index contributed by atoms with van der Waals surface area (Å²) in [6, 6.07) is 6.56. The van der Waals surface area contributed by atoms with Gasteiger partial charge in [-0.3, -0.25) is 19.3 Å². The summed E-state index contributed by atoms with van der Waals surface area (Å²) < 4.78 is 23.7. The number of likely N-dealkylation sites (tertiary alicyclic amines) is 1. The fraction of sp³-hybridized carbons (Fsp3) is 0.690. The van der Waals surface area contributed by atoms with Gasteiger partial charge in [-0.25, -0.2) is 8.42 Å². The lowest BCUT2D eigenvalue weighted by Crippen LogP contribution is -2.64. The Kier molecular flexibility index (Phi) is 11.3. The smallest absolute Gasteiger partial charge is 0.244 e. The van der Waals surface area contributed by atoms with Crippen molar-refractivity contribution in [3.8, 4) is 0 Å². The van der Waals surface area contributed by atoms with Crippen molar-refractivity contribution in [1.82, 2.24) is 20.9 Å². The molecule has 11 nitrogen and oxygen atoms in total. The van der Waals surface area contributed by atoms with E-state index in [-0.39, 0.29) is 19.5 Å². The van der Waals surface area contributed by atoms with Crippen LogP contribution in [0.3, 0.4) is 0 Å². The number of carbonyl (C=O) groups is 3. The second-order valence-electron chi connectivity index (χ2n) is 12.2. The number of hydrogen-bond donors (Lipinski definition) is 5.